The first-order valence-electron chi connectivity index (χ1n) is 6.28. The van der Waals surface area contributed by atoms with E-state index in [4.69, 9.17) is 5.11 Å². The van der Waals surface area contributed by atoms with Crippen LogP contribution in [0.3, 0.4) is 0 Å². The van der Waals surface area contributed by atoms with Crippen LogP contribution in [-0.2, 0) is 4.79 Å². The van der Waals surface area contributed by atoms with Crippen LogP contribution in [0.1, 0.15) is 34.7 Å². The Morgan fingerprint density at radius 2 is 1.89 bits per heavy atom. The summed E-state index contributed by atoms with van der Waals surface area (Å²) < 4.78 is 0.700. The van der Waals surface area contributed by atoms with E-state index < -0.39 is 5.97 Å². The van der Waals surface area contributed by atoms with Gasteiger partial charge in [0.25, 0.3) is 0 Å². The van der Waals surface area contributed by atoms with E-state index in [9.17, 15) is 9.90 Å². The number of hydrogen-bond donors (Lipinski definition) is 3. The van der Waals surface area contributed by atoms with Gasteiger partial charge in [0.2, 0.25) is 0 Å². The molecule has 0 aromatic heterocycles. The summed E-state index contributed by atoms with van der Waals surface area (Å²) in [6.45, 7) is 6.29. The van der Waals surface area contributed by atoms with E-state index in [0.29, 0.717) is 17.4 Å². The number of nitrogens with one attached hydrogen (secondary N) is 1. The van der Waals surface area contributed by atoms with Crippen molar-refractivity contribution in [3.8, 4) is 5.75 Å². The lowest BCUT2D eigenvalue weighted by Crippen LogP contribution is -2.18. The average molecular weight is 328 g/mol. The highest BCUT2D eigenvalue weighted by Gasteiger charge is 2.32. The maximum absolute atomic E-state index is 11.0. The van der Waals surface area contributed by atoms with Crippen molar-refractivity contribution in [2.75, 3.05) is 6.54 Å². The number of rotatable bonds is 2. The maximum atomic E-state index is 11.0. The molecule has 104 valence electrons. The molecule has 2 rings (SSSR count). The van der Waals surface area contributed by atoms with Crippen molar-refractivity contribution in [1.82, 2.24) is 5.32 Å². The third kappa shape index (κ3) is 2.37. The van der Waals surface area contributed by atoms with Crippen LogP contribution in [0.2, 0.25) is 0 Å². The number of carboxylic acid groups (broad SMARTS) is 1. The van der Waals surface area contributed by atoms with Crippen molar-refractivity contribution in [2.24, 2.45) is 5.92 Å². The molecule has 0 spiro atoms. The number of halogens is 1. The number of benzene rings is 1. The van der Waals surface area contributed by atoms with Gasteiger partial charge in [0.05, 0.1) is 10.4 Å². The fourth-order valence-electron chi connectivity index (χ4n) is 2.79. The SMILES string of the molecule is Cc1c(C)c(C2CC(C(=O)O)CN2)c(C)c(Br)c1O. The first-order chi connectivity index (χ1) is 8.84. The van der Waals surface area contributed by atoms with Crippen LogP contribution >= 0.6 is 15.9 Å². The standard InChI is InChI=1S/C14H18BrNO3/c1-6-7(2)13(17)12(15)8(3)11(6)10-4-9(5-16-10)14(18)19/h9-10,16-17H,4-5H2,1-3H3,(H,18,19). The minimum Gasteiger partial charge on any atom is -0.506 e. The van der Waals surface area contributed by atoms with Gasteiger partial charge in [-0.15, -0.1) is 0 Å². The summed E-state index contributed by atoms with van der Waals surface area (Å²) >= 11 is 3.41. The molecule has 1 aliphatic heterocycles. The largest absolute Gasteiger partial charge is 0.506 e. The van der Waals surface area contributed by atoms with Gasteiger partial charge >= 0.3 is 5.97 Å². The molecule has 5 heteroatoms. The van der Waals surface area contributed by atoms with Gasteiger partial charge in [-0.3, -0.25) is 4.79 Å². The number of carboxylic acids is 1. The van der Waals surface area contributed by atoms with E-state index in [2.05, 4.69) is 21.2 Å². The van der Waals surface area contributed by atoms with Crippen LogP contribution in [0.25, 0.3) is 0 Å². The molecule has 1 heterocycles. The summed E-state index contributed by atoms with van der Waals surface area (Å²) in [6.07, 6.45) is 0.591. The van der Waals surface area contributed by atoms with Crippen LogP contribution in [0.5, 0.6) is 5.75 Å². The Balaban J connectivity index is 2.44. The molecular formula is C14H18BrNO3. The molecular weight excluding hydrogens is 310 g/mol. The number of phenols is 1. The number of aliphatic carboxylic acids is 1. The number of hydrogen-bond acceptors (Lipinski definition) is 3. The van der Waals surface area contributed by atoms with Crippen molar-refractivity contribution < 1.29 is 15.0 Å². The van der Waals surface area contributed by atoms with E-state index in [1.165, 1.54) is 0 Å². The fraction of sp³-hybridized carbons (Fsp3) is 0.500. The molecule has 0 bridgehead atoms. The monoisotopic (exact) mass is 327 g/mol. The topological polar surface area (TPSA) is 69.6 Å². The summed E-state index contributed by atoms with van der Waals surface area (Å²) in [5, 5.41) is 22.4. The second kappa shape index (κ2) is 5.13. The summed E-state index contributed by atoms with van der Waals surface area (Å²) in [4.78, 5) is 11.0. The lowest BCUT2D eigenvalue weighted by atomic mass is 9.90. The Morgan fingerprint density at radius 3 is 2.42 bits per heavy atom. The Labute approximate surface area is 121 Å². The van der Waals surface area contributed by atoms with Crippen molar-refractivity contribution in [3.05, 3.63) is 26.7 Å². The Kier molecular flexibility index (Phi) is 3.87. The van der Waals surface area contributed by atoms with Gasteiger partial charge in [-0.25, -0.2) is 0 Å². The smallest absolute Gasteiger partial charge is 0.307 e. The van der Waals surface area contributed by atoms with E-state index in [0.717, 1.165) is 22.3 Å². The number of carbonyl (C=O) groups is 1. The zero-order chi connectivity index (χ0) is 14.3. The highest BCUT2D eigenvalue weighted by molar-refractivity contribution is 9.10. The molecule has 2 atom stereocenters. The normalized spacial score (nSPS) is 22.7. The molecule has 0 aliphatic carbocycles. The van der Waals surface area contributed by atoms with Crippen molar-refractivity contribution in [2.45, 2.75) is 33.2 Å². The number of phenolic OH excluding ortho intramolecular Hbond substituents is 1. The van der Waals surface area contributed by atoms with Gasteiger partial charge in [-0.1, -0.05) is 0 Å². The molecule has 0 amide bonds. The highest BCUT2D eigenvalue weighted by atomic mass is 79.9. The third-order valence-electron chi connectivity index (χ3n) is 4.09. The Hall–Kier alpha value is -1.07. The molecule has 1 aliphatic rings. The Morgan fingerprint density at radius 1 is 1.26 bits per heavy atom. The summed E-state index contributed by atoms with van der Waals surface area (Å²) in [7, 11) is 0. The lowest BCUT2D eigenvalue weighted by molar-refractivity contribution is -0.141. The predicted octanol–water partition coefficient (Wildman–Crippen LogP) is 2.82. The molecule has 1 aromatic carbocycles. The van der Waals surface area contributed by atoms with Gasteiger partial charge in [0.15, 0.2) is 0 Å². The van der Waals surface area contributed by atoms with E-state index in [-0.39, 0.29) is 17.7 Å². The molecule has 4 nitrogen and oxygen atoms in total. The molecule has 0 radical (unpaired) electrons. The quantitative estimate of drug-likeness (QED) is 0.781. The van der Waals surface area contributed by atoms with E-state index in [1.807, 2.05) is 20.8 Å². The third-order valence-corrected chi connectivity index (χ3v) is 5.06. The summed E-state index contributed by atoms with van der Waals surface area (Å²) in [6, 6.07) is 0.0386. The van der Waals surface area contributed by atoms with Gasteiger partial charge < -0.3 is 15.5 Å². The lowest BCUT2D eigenvalue weighted by Gasteiger charge is -2.21. The summed E-state index contributed by atoms with van der Waals surface area (Å²) in [5.74, 6) is -0.817. The van der Waals surface area contributed by atoms with Crippen molar-refractivity contribution in [3.63, 3.8) is 0 Å². The minimum atomic E-state index is -0.750. The maximum Gasteiger partial charge on any atom is 0.307 e. The second-order valence-corrected chi connectivity index (χ2v) is 5.98. The zero-order valence-corrected chi connectivity index (χ0v) is 12.8. The predicted molar refractivity (Wildman–Crippen MR) is 76.5 cm³/mol. The molecule has 1 aromatic rings. The first-order valence-corrected chi connectivity index (χ1v) is 7.08. The summed E-state index contributed by atoms with van der Waals surface area (Å²) in [5.41, 5.74) is 3.95. The van der Waals surface area contributed by atoms with Crippen LogP contribution in [0.15, 0.2) is 4.47 Å². The van der Waals surface area contributed by atoms with E-state index >= 15 is 0 Å². The molecule has 3 N–H and O–H groups in total. The van der Waals surface area contributed by atoms with Gasteiger partial charge in [0.1, 0.15) is 5.75 Å². The van der Waals surface area contributed by atoms with E-state index in [1.54, 1.807) is 0 Å². The average Bonchev–Trinajstić information content (AvgIpc) is 2.84. The minimum absolute atomic E-state index is 0.0386. The number of aromatic hydroxyl groups is 1. The Bertz CT molecular complexity index is 513. The zero-order valence-electron chi connectivity index (χ0n) is 11.2. The molecule has 0 saturated carbocycles. The van der Waals surface area contributed by atoms with Crippen LogP contribution in [-0.4, -0.2) is 22.7 Å². The highest BCUT2D eigenvalue weighted by Crippen LogP contribution is 2.41. The fourth-order valence-corrected chi connectivity index (χ4v) is 3.30. The molecule has 1 fully saturated rings. The van der Waals surface area contributed by atoms with Crippen LogP contribution < -0.4 is 5.32 Å². The van der Waals surface area contributed by atoms with Crippen molar-refractivity contribution >= 4 is 21.9 Å². The van der Waals surface area contributed by atoms with Gasteiger partial charge in [-0.05, 0) is 65.4 Å². The van der Waals surface area contributed by atoms with Gasteiger partial charge in [-0.2, -0.15) is 0 Å². The second-order valence-electron chi connectivity index (χ2n) is 5.18. The molecule has 2 unspecified atom stereocenters. The van der Waals surface area contributed by atoms with Crippen LogP contribution in [0, 0.1) is 26.7 Å². The first kappa shape index (κ1) is 14.3. The van der Waals surface area contributed by atoms with Gasteiger partial charge in [0, 0.05) is 12.6 Å². The van der Waals surface area contributed by atoms with Crippen molar-refractivity contribution in [1.29, 1.82) is 0 Å². The van der Waals surface area contributed by atoms with Crippen LogP contribution in [0.4, 0.5) is 0 Å². The molecule has 19 heavy (non-hydrogen) atoms. The molecule has 1 saturated heterocycles.